The molecule has 0 atom stereocenters. The number of hydrogen-bond acceptors (Lipinski definition) is 2. The molecule has 0 N–H and O–H groups in total. The quantitative estimate of drug-likeness (QED) is 0.150. The van der Waals surface area contributed by atoms with Crippen LogP contribution in [-0.4, -0.2) is 0 Å². The van der Waals surface area contributed by atoms with E-state index in [1.165, 1.54) is 134 Å². The molecule has 2 aliphatic rings. The molecule has 0 amide bonds. The van der Waals surface area contributed by atoms with Crippen LogP contribution in [0.5, 0.6) is 0 Å². The minimum atomic E-state index is -0.132. The molecule has 2 heteroatoms. The summed E-state index contributed by atoms with van der Waals surface area (Å²) in [5.74, 6) is 0. The summed E-state index contributed by atoms with van der Waals surface area (Å²) < 4.78 is 0. The number of benzene rings is 12. The van der Waals surface area contributed by atoms with Gasteiger partial charge in [0.15, 0.2) is 0 Å². The second-order valence-corrected chi connectivity index (χ2v) is 27.3. The van der Waals surface area contributed by atoms with Crippen LogP contribution in [0.25, 0.3) is 22.3 Å². The summed E-state index contributed by atoms with van der Waals surface area (Å²) in [7, 11) is 0. The molecule has 0 fully saturated rings. The standard InChI is InChI=1S/C39H39N.C32H33N.C12H10.C7H8/c1-26-16-18-29(19-17-26)30-20-22-31(23-21-30)40-36-15-11-10-14-33(36)39(6,7)35-24-28(3)34(25-37(35)40)38(4,5)32-13-9-8-12-27(32)2;1-22-14-10-11-17-25(22)31(3,4)27-21-30-28(20-23(27)2)32(5,6)26-18-12-13-19-29(26)33(30)24-15-8-7-9-16-24;1-3-7-11(8-4-1)12-9-5-2-6-10-12;1-7-5-3-2-4-6-7/h8-25H,1-7H3;7-21H,1-6H3;1-10H;2-6H,1H3. The number of para-hydroxylation sites is 3. The predicted molar refractivity (Wildman–Crippen MR) is 396 cm³/mol. The lowest BCUT2D eigenvalue weighted by Gasteiger charge is -2.43. The molecule has 2 nitrogen and oxygen atoms in total. The Morgan fingerprint density at radius 3 is 0.924 bits per heavy atom. The molecule has 92 heavy (non-hydrogen) atoms. The normalized spacial score (nSPS) is 13.2. The zero-order valence-electron chi connectivity index (χ0n) is 56.6. The highest BCUT2D eigenvalue weighted by molar-refractivity contribution is 5.89. The number of nitrogens with zero attached hydrogens (tertiary/aromatic N) is 2. The summed E-state index contributed by atoms with van der Waals surface area (Å²) in [6, 6.07) is 105. The molecule has 0 saturated heterocycles. The number of hydrogen-bond donors (Lipinski definition) is 0. The summed E-state index contributed by atoms with van der Waals surface area (Å²) in [5.41, 5.74) is 31.0. The van der Waals surface area contributed by atoms with Gasteiger partial charge in [0.2, 0.25) is 0 Å². The maximum Gasteiger partial charge on any atom is 0.0505 e. The number of anilines is 6. The monoisotopic (exact) mass is 1200 g/mol. The number of aryl methyl sites for hydroxylation is 6. The maximum atomic E-state index is 2.48. The number of rotatable bonds is 8. The summed E-state index contributed by atoms with van der Waals surface area (Å²) in [6.45, 7) is 32.1. The third-order valence-corrected chi connectivity index (χ3v) is 19.5. The van der Waals surface area contributed by atoms with Crippen molar-refractivity contribution in [3.8, 4) is 22.3 Å². The first-order valence-corrected chi connectivity index (χ1v) is 32.7. The first kappa shape index (κ1) is 63.8. The Kier molecular flexibility index (Phi) is 18.4. The highest BCUT2D eigenvalue weighted by atomic mass is 15.2. The van der Waals surface area contributed by atoms with E-state index >= 15 is 0 Å². The average molecular weight is 1200 g/mol. The van der Waals surface area contributed by atoms with Gasteiger partial charge in [-0.3, -0.25) is 0 Å². The van der Waals surface area contributed by atoms with Crippen LogP contribution in [0.4, 0.5) is 34.1 Å². The Labute approximate surface area is 550 Å². The van der Waals surface area contributed by atoms with Gasteiger partial charge < -0.3 is 9.80 Å². The van der Waals surface area contributed by atoms with Gasteiger partial charge in [-0.05, 0) is 179 Å². The van der Waals surface area contributed by atoms with Crippen LogP contribution in [0.2, 0.25) is 0 Å². The van der Waals surface area contributed by atoms with Gasteiger partial charge in [0.25, 0.3) is 0 Å². The fraction of sp³-hybridized carbons (Fsp3) is 0.200. The molecule has 460 valence electrons. The summed E-state index contributed by atoms with van der Waals surface area (Å²) in [6.07, 6.45) is 0. The van der Waals surface area contributed by atoms with Crippen molar-refractivity contribution in [1.29, 1.82) is 0 Å². The van der Waals surface area contributed by atoms with Crippen LogP contribution in [0.15, 0.2) is 291 Å². The fourth-order valence-corrected chi connectivity index (χ4v) is 14.4. The summed E-state index contributed by atoms with van der Waals surface area (Å²) in [4.78, 5) is 4.93. The van der Waals surface area contributed by atoms with Gasteiger partial charge in [-0.1, -0.05) is 309 Å². The molecule has 0 bridgehead atoms. The van der Waals surface area contributed by atoms with Gasteiger partial charge >= 0.3 is 0 Å². The molecule has 12 aromatic rings. The minimum absolute atomic E-state index is 0.0761. The van der Waals surface area contributed by atoms with Gasteiger partial charge in [0, 0.05) is 33.0 Å². The van der Waals surface area contributed by atoms with E-state index in [4.69, 9.17) is 0 Å². The Balaban J connectivity index is 0.000000148. The second-order valence-electron chi connectivity index (χ2n) is 27.3. The van der Waals surface area contributed by atoms with Gasteiger partial charge in [-0.15, -0.1) is 0 Å². The Bertz CT molecular complexity index is 4440. The summed E-state index contributed by atoms with van der Waals surface area (Å²) in [5, 5.41) is 0. The minimum Gasteiger partial charge on any atom is -0.310 e. The van der Waals surface area contributed by atoms with Gasteiger partial charge in [-0.2, -0.15) is 0 Å². The topological polar surface area (TPSA) is 6.48 Å². The van der Waals surface area contributed by atoms with Crippen molar-refractivity contribution in [1.82, 2.24) is 0 Å². The van der Waals surface area contributed by atoms with E-state index in [-0.39, 0.29) is 21.7 Å². The Morgan fingerprint density at radius 1 is 0.239 bits per heavy atom. The molecule has 2 heterocycles. The molecule has 14 rings (SSSR count). The van der Waals surface area contributed by atoms with E-state index in [2.05, 4.69) is 368 Å². The molecule has 2 aliphatic heterocycles. The zero-order chi connectivity index (χ0) is 65.0. The van der Waals surface area contributed by atoms with Gasteiger partial charge in [0.05, 0.1) is 22.7 Å². The van der Waals surface area contributed by atoms with Crippen LogP contribution in [0.3, 0.4) is 0 Å². The smallest absolute Gasteiger partial charge is 0.0505 e. The van der Waals surface area contributed by atoms with E-state index in [0.717, 1.165) is 0 Å². The predicted octanol–water partition coefficient (Wildman–Crippen LogP) is 24.8. The summed E-state index contributed by atoms with van der Waals surface area (Å²) >= 11 is 0. The molecule has 0 radical (unpaired) electrons. The van der Waals surface area contributed by atoms with Crippen molar-refractivity contribution >= 4 is 34.1 Å². The Morgan fingerprint density at radius 2 is 0.543 bits per heavy atom. The van der Waals surface area contributed by atoms with E-state index in [1.54, 1.807) is 0 Å². The van der Waals surface area contributed by atoms with Crippen LogP contribution in [0.1, 0.15) is 133 Å². The molecule has 0 spiro atoms. The maximum absolute atomic E-state index is 2.48. The van der Waals surface area contributed by atoms with Crippen molar-refractivity contribution < 1.29 is 0 Å². The molecule has 0 aliphatic carbocycles. The SMILES string of the molecule is Cc1ccc(-c2ccc(N3c4ccccc4C(C)(C)c4cc(C)c(C(C)(C)c5ccccc5C)cc43)cc2)cc1.Cc1ccccc1.Cc1ccccc1C(C)(C)c1cc2c(cc1C)C(C)(C)c1ccccc1N2c1ccccc1.c1ccc(-c2ccccc2)cc1. The fourth-order valence-electron chi connectivity index (χ4n) is 14.4. The van der Waals surface area contributed by atoms with Crippen molar-refractivity contribution in [3.05, 3.63) is 369 Å². The van der Waals surface area contributed by atoms with E-state index < -0.39 is 0 Å². The molecule has 0 unspecified atom stereocenters. The first-order valence-electron chi connectivity index (χ1n) is 32.7. The zero-order valence-corrected chi connectivity index (χ0v) is 56.6. The lowest BCUT2D eigenvalue weighted by atomic mass is 9.69. The molecule has 12 aromatic carbocycles. The van der Waals surface area contributed by atoms with Gasteiger partial charge in [-0.25, -0.2) is 0 Å². The number of fused-ring (bicyclic) bond motifs is 4. The highest BCUT2D eigenvalue weighted by Gasteiger charge is 2.41. The molecular weight excluding hydrogens is 1110 g/mol. The Hall–Kier alpha value is -9.76. The molecular formula is C90H90N2. The van der Waals surface area contributed by atoms with Crippen molar-refractivity contribution in [2.24, 2.45) is 0 Å². The second kappa shape index (κ2) is 26.6. The van der Waals surface area contributed by atoms with E-state index in [1.807, 2.05) is 30.3 Å². The van der Waals surface area contributed by atoms with Crippen LogP contribution >= 0.6 is 0 Å². The third kappa shape index (κ3) is 12.8. The first-order chi connectivity index (χ1) is 44.2. The molecule has 0 aromatic heterocycles. The van der Waals surface area contributed by atoms with Crippen molar-refractivity contribution in [2.75, 3.05) is 9.80 Å². The lowest BCUT2D eigenvalue weighted by molar-refractivity contribution is 0.614. The largest absolute Gasteiger partial charge is 0.310 e. The van der Waals surface area contributed by atoms with Crippen LogP contribution < -0.4 is 9.80 Å². The van der Waals surface area contributed by atoms with E-state index in [9.17, 15) is 0 Å². The van der Waals surface area contributed by atoms with Gasteiger partial charge in [0.1, 0.15) is 0 Å². The van der Waals surface area contributed by atoms with E-state index in [0.29, 0.717) is 0 Å². The third-order valence-electron chi connectivity index (χ3n) is 19.5. The van der Waals surface area contributed by atoms with Crippen LogP contribution in [-0.2, 0) is 21.7 Å². The average Bonchev–Trinajstić information content (AvgIpc) is 0.736. The van der Waals surface area contributed by atoms with Crippen molar-refractivity contribution in [3.63, 3.8) is 0 Å². The van der Waals surface area contributed by atoms with Crippen LogP contribution in [0, 0.1) is 41.5 Å². The molecule has 0 saturated carbocycles. The van der Waals surface area contributed by atoms with Crippen molar-refractivity contribution in [2.45, 2.75) is 119 Å². The lowest BCUT2D eigenvalue weighted by Crippen LogP contribution is -2.32. The highest BCUT2D eigenvalue weighted by Crippen LogP contribution is 2.56.